The molecule has 1 heterocycles. The summed E-state index contributed by atoms with van der Waals surface area (Å²) < 4.78 is 92.1. The SMILES string of the molecule is CCOCC(COC(=O)Oc1c(F)cc(NC(=O)c2ccccc2-c2ccc(C(F)(F)F)cc2)c(C(=O)N(C)CCO)c1F)(C(=O)OCC)c1cccs1. The summed E-state index contributed by atoms with van der Waals surface area (Å²) in [5.74, 6) is -7.63. The zero-order valence-electron chi connectivity index (χ0n) is 29.1. The van der Waals surface area contributed by atoms with Crippen LogP contribution in [0.2, 0.25) is 0 Å². The minimum atomic E-state index is -4.61. The molecule has 1 aromatic heterocycles. The number of likely N-dealkylation sites (N-methyl/N-ethyl adjacent to an activating group) is 1. The number of nitrogens with one attached hydrogen (secondary N) is 1. The van der Waals surface area contributed by atoms with Gasteiger partial charge in [-0.3, -0.25) is 14.4 Å². The van der Waals surface area contributed by atoms with E-state index in [9.17, 15) is 37.5 Å². The number of hydrogen-bond acceptors (Lipinski definition) is 10. The Morgan fingerprint density at radius 3 is 2.22 bits per heavy atom. The normalized spacial score (nSPS) is 12.4. The Labute approximate surface area is 310 Å². The van der Waals surface area contributed by atoms with Crippen LogP contribution in [0.25, 0.3) is 11.1 Å². The average Bonchev–Trinajstić information content (AvgIpc) is 3.69. The number of esters is 1. The lowest BCUT2D eigenvalue weighted by Gasteiger charge is -2.29. The number of aliphatic hydroxyl groups is 1. The van der Waals surface area contributed by atoms with Gasteiger partial charge < -0.3 is 34.3 Å². The van der Waals surface area contributed by atoms with E-state index in [1.807, 2.05) is 0 Å². The van der Waals surface area contributed by atoms with E-state index in [0.717, 1.165) is 40.5 Å². The number of halogens is 5. The number of hydrogen-bond donors (Lipinski definition) is 2. The highest BCUT2D eigenvalue weighted by molar-refractivity contribution is 7.10. The highest BCUT2D eigenvalue weighted by atomic mass is 32.1. The summed E-state index contributed by atoms with van der Waals surface area (Å²) in [6.45, 7) is 1.50. The predicted molar refractivity (Wildman–Crippen MR) is 186 cm³/mol. The number of nitrogens with zero attached hydrogens (tertiary/aromatic N) is 1. The molecule has 0 fully saturated rings. The first-order chi connectivity index (χ1) is 25.7. The van der Waals surface area contributed by atoms with Gasteiger partial charge in [0.15, 0.2) is 17.0 Å². The van der Waals surface area contributed by atoms with Gasteiger partial charge >= 0.3 is 18.3 Å². The lowest BCUT2D eigenvalue weighted by Crippen LogP contribution is -2.46. The minimum absolute atomic E-state index is 0.0238. The van der Waals surface area contributed by atoms with Crippen LogP contribution in [0.1, 0.15) is 45.0 Å². The van der Waals surface area contributed by atoms with E-state index in [1.165, 1.54) is 31.3 Å². The van der Waals surface area contributed by atoms with Crippen molar-refractivity contribution in [3.05, 3.63) is 105 Å². The maximum atomic E-state index is 16.2. The van der Waals surface area contributed by atoms with E-state index in [-0.39, 0.29) is 43.1 Å². The number of ether oxygens (including phenoxy) is 4. The first-order valence-corrected chi connectivity index (χ1v) is 17.2. The quantitative estimate of drug-likeness (QED) is 0.0736. The second kappa shape index (κ2) is 18.1. The van der Waals surface area contributed by atoms with Crippen molar-refractivity contribution in [2.45, 2.75) is 25.4 Å². The molecule has 17 heteroatoms. The summed E-state index contributed by atoms with van der Waals surface area (Å²) in [6.07, 6.45) is -6.28. The summed E-state index contributed by atoms with van der Waals surface area (Å²) in [7, 11) is 1.18. The molecular weight excluding hydrogens is 743 g/mol. The standard InChI is InChI=1S/C37H35F5N2O9S/c1-4-50-20-36(34(48)51-5-2,28-11-8-18-54-28)21-52-35(49)53-31-26(38)19-27(29(30(31)39)33(47)44(3)16-17-45)43-32(46)25-10-7-6-9-24(25)22-12-14-23(15-13-22)37(40,41)42/h6-15,18-19,45H,4-5,16-17,20-21H2,1-3H3,(H,43,46). The molecule has 2 N–H and O–H groups in total. The van der Waals surface area contributed by atoms with Gasteiger partial charge in [-0.2, -0.15) is 13.2 Å². The number of anilines is 1. The summed E-state index contributed by atoms with van der Waals surface area (Å²) in [5.41, 5.74) is -4.04. The summed E-state index contributed by atoms with van der Waals surface area (Å²) in [5, 5.41) is 13.3. The summed E-state index contributed by atoms with van der Waals surface area (Å²) >= 11 is 1.14. The smallest absolute Gasteiger partial charge is 0.465 e. The van der Waals surface area contributed by atoms with Crippen molar-refractivity contribution in [2.24, 2.45) is 0 Å². The van der Waals surface area contributed by atoms with Crippen LogP contribution in [0.4, 0.5) is 32.4 Å². The molecule has 288 valence electrons. The number of carbonyl (C=O) groups excluding carboxylic acids is 4. The number of amides is 2. The molecule has 3 aromatic carbocycles. The third kappa shape index (κ3) is 9.39. The number of rotatable bonds is 15. The Hall–Kier alpha value is -5.39. The van der Waals surface area contributed by atoms with Crippen molar-refractivity contribution >= 4 is 41.0 Å². The van der Waals surface area contributed by atoms with Crippen molar-refractivity contribution < 1.29 is 65.2 Å². The maximum Gasteiger partial charge on any atom is 0.514 e. The monoisotopic (exact) mass is 778 g/mol. The van der Waals surface area contributed by atoms with Gasteiger partial charge in [-0.05, 0) is 54.6 Å². The highest BCUT2D eigenvalue weighted by Gasteiger charge is 2.45. The van der Waals surface area contributed by atoms with Crippen LogP contribution in [-0.2, 0) is 30.6 Å². The average molecular weight is 779 g/mol. The fourth-order valence-electron chi connectivity index (χ4n) is 5.20. The number of alkyl halides is 3. The Kier molecular flexibility index (Phi) is 13.9. The summed E-state index contributed by atoms with van der Waals surface area (Å²) in [4.78, 5) is 54.4. The van der Waals surface area contributed by atoms with Crippen molar-refractivity contribution in [1.29, 1.82) is 0 Å². The zero-order valence-corrected chi connectivity index (χ0v) is 29.9. The topological polar surface area (TPSA) is 141 Å². The van der Waals surface area contributed by atoms with E-state index in [4.69, 9.17) is 18.9 Å². The van der Waals surface area contributed by atoms with Crippen molar-refractivity contribution in [3.8, 4) is 16.9 Å². The predicted octanol–water partition coefficient (Wildman–Crippen LogP) is 7.08. The molecule has 0 saturated heterocycles. The van der Waals surface area contributed by atoms with Crippen LogP contribution < -0.4 is 10.1 Å². The van der Waals surface area contributed by atoms with Gasteiger partial charge in [0.2, 0.25) is 5.75 Å². The van der Waals surface area contributed by atoms with Crippen molar-refractivity contribution in [3.63, 3.8) is 0 Å². The van der Waals surface area contributed by atoms with Crippen LogP contribution in [0, 0.1) is 11.6 Å². The van der Waals surface area contributed by atoms with Crippen molar-refractivity contribution in [1.82, 2.24) is 4.90 Å². The molecule has 0 spiro atoms. The second-order valence-corrected chi connectivity index (χ2v) is 12.5. The first kappa shape index (κ1) is 41.4. The fraction of sp³-hybridized carbons (Fsp3) is 0.297. The molecule has 0 aliphatic carbocycles. The summed E-state index contributed by atoms with van der Waals surface area (Å²) in [6, 6.07) is 13.4. The fourth-order valence-corrected chi connectivity index (χ4v) is 6.09. The maximum absolute atomic E-state index is 16.2. The third-order valence-electron chi connectivity index (χ3n) is 7.95. The van der Waals surface area contributed by atoms with E-state index >= 15 is 8.78 Å². The van der Waals surface area contributed by atoms with Gasteiger partial charge in [-0.25, -0.2) is 13.6 Å². The zero-order chi connectivity index (χ0) is 39.6. The van der Waals surface area contributed by atoms with Crippen molar-refractivity contribution in [2.75, 3.05) is 51.9 Å². The van der Waals surface area contributed by atoms with Gasteiger partial charge in [0.05, 0.1) is 31.1 Å². The number of carbonyl (C=O) groups is 4. The molecule has 1 unspecified atom stereocenters. The Morgan fingerprint density at radius 2 is 1.61 bits per heavy atom. The third-order valence-corrected chi connectivity index (χ3v) is 9.02. The van der Waals surface area contributed by atoms with Gasteiger partial charge in [0.25, 0.3) is 11.8 Å². The molecule has 11 nitrogen and oxygen atoms in total. The molecule has 0 aliphatic rings. The largest absolute Gasteiger partial charge is 0.514 e. The van der Waals surface area contributed by atoms with E-state index < -0.39 is 82.9 Å². The number of aliphatic hydroxyl groups excluding tert-OH is 1. The highest BCUT2D eigenvalue weighted by Crippen LogP contribution is 2.36. The first-order valence-electron chi connectivity index (χ1n) is 16.3. The molecule has 4 aromatic rings. The Bertz CT molecular complexity index is 1960. The van der Waals surface area contributed by atoms with E-state index in [0.29, 0.717) is 10.9 Å². The van der Waals surface area contributed by atoms with Crippen LogP contribution >= 0.6 is 11.3 Å². The molecule has 4 rings (SSSR count). The molecule has 1 atom stereocenters. The molecule has 2 amide bonds. The minimum Gasteiger partial charge on any atom is -0.465 e. The second-order valence-electron chi connectivity index (χ2n) is 11.5. The molecule has 0 aliphatic heterocycles. The van der Waals surface area contributed by atoms with Crippen LogP contribution in [0.5, 0.6) is 5.75 Å². The van der Waals surface area contributed by atoms with Gasteiger partial charge in [-0.1, -0.05) is 36.4 Å². The van der Waals surface area contributed by atoms with E-state index in [2.05, 4.69) is 5.32 Å². The molecule has 0 saturated carbocycles. The number of thiophene rings is 1. The van der Waals surface area contributed by atoms with Gasteiger partial charge in [0.1, 0.15) is 12.2 Å². The Balaban J connectivity index is 1.68. The van der Waals surface area contributed by atoms with Gasteiger partial charge in [-0.15, -0.1) is 11.3 Å². The lowest BCUT2D eigenvalue weighted by molar-refractivity contribution is -0.155. The lowest BCUT2D eigenvalue weighted by atomic mass is 9.88. The Morgan fingerprint density at radius 1 is 0.907 bits per heavy atom. The molecule has 54 heavy (non-hydrogen) atoms. The van der Waals surface area contributed by atoms with Crippen LogP contribution in [0.15, 0.2) is 72.1 Å². The molecule has 0 bridgehead atoms. The molecule has 0 radical (unpaired) electrons. The van der Waals surface area contributed by atoms with Crippen LogP contribution in [-0.4, -0.2) is 80.6 Å². The van der Waals surface area contributed by atoms with Crippen LogP contribution in [0.3, 0.4) is 0 Å². The number of benzene rings is 3. The van der Waals surface area contributed by atoms with E-state index in [1.54, 1.807) is 31.4 Å². The van der Waals surface area contributed by atoms with Gasteiger partial charge in [0, 0.05) is 36.7 Å². The molecular formula is C37H35F5N2O9S.